The van der Waals surface area contributed by atoms with Gasteiger partial charge in [-0.15, -0.1) is 0 Å². The fraction of sp³-hybridized carbons (Fsp3) is 0.333. The third-order valence-corrected chi connectivity index (χ3v) is 10.5. The Bertz CT molecular complexity index is 1880. The lowest BCUT2D eigenvalue weighted by Gasteiger charge is -2.36. The number of para-hydroxylation sites is 2. The molecule has 0 bridgehead atoms. The highest BCUT2D eigenvalue weighted by atomic mass is 127. The summed E-state index contributed by atoms with van der Waals surface area (Å²) in [6, 6.07) is 30.7. The van der Waals surface area contributed by atoms with Crippen LogP contribution in [0.2, 0.25) is 0 Å². The average molecular weight is 925 g/mol. The van der Waals surface area contributed by atoms with Crippen molar-refractivity contribution in [1.29, 1.82) is 0 Å². The monoisotopic (exact) mass is 924 g/mol. The Morgan fingerprint density at radius 2 is 0.923 bits per heavy atom. The predicted molar refractivity (Wildman–Crippen MR) is 206 cm³/mol. The van der Waals surface area contributed by atoms with Crippen LogP contribution in [0.4, 0.5) is 11.4 Å². The molecule has 2 aliphatic rings. The summed E-state index contributed by atoms with van der Waals surface area (Å²) in [5.74, 6) is 0. The standard InChI is InChI=1S/C42H50N6O2.2HI/c1-43-35(31-41(37-10-3-5-12-39(37)43)47-22-18-45(19-23-47)26-28-49)16-14-33-8-7-9-34(30-33)15-17-36-32-42(38-11-4-6-13-40(38)44(36)2)48-24-20-46(21-25-48)27-29-50;;/h3-17,30-32,49-50H,18-29H2,1-2H3;2*1H/q+2;;/p-2/b16-14+,17-15+;;. The SMILES string of the molecule is C[n+]1c(/C=C/c2cccc(/C=C/c3cc(N4CCN(CCO)CC4)c4ccccc4[n+]3C)c2)cc(N2CCN(CCO)CC2)c2ccccc21.[I-].[I-]. The number of aliphatic hydroxyl groups is 2. The van der Waals surface area contributed by atoms with E-state index in [0.717, 1.165) is 88.0 Å². The molecule has 8 nitrogen and oxygen atoms in total. The van der Waals surface area contributed by atoms with E-state index in [4.69, 9.17) is 0 Å². The summed E-state index contributed by atoms with van der Waals surface area (Å²) in [5, 5.41) is 21.3. The molecule has 0 radical (unpaired) electrons. The Balaban J connectivity index is 0.00000261. The summed E-state index contributed by atoms with van der Waals surface area (Å²) in [7, 11) is 4.30. The van der Waals surface area contributed by atoms with Crippen LogP contribution in [-0.4, -0.2) is 98.7 Å². The van der Waals surface area contributed by atoms with Crippen LogP contribution in [-0.2, 0) is 14.1 Å². The smallest absolute Gasteiger partial charge is 0.214 e. The van der Waals surface area contributed by atoms with E-state index in [0.29, 0.717) is 0 Å². The van der Waals surface area contributed by atoms with Gasteiger partial charge >= 0.3 is 0 Å². The highest BCUT2D eigenvalue weighted by molar-refractivity contribution is 5.92. The number of halogens is 2. The van der Waals surface area contributed by atoms with Gasteiger partial charge in [-0.1, -0.05) is 42.5 Å². The van der Waals surface area contributed by atoms with Gasteiger partial charge < -0.3 is 68.0 Å². The lowest BCUT2D eigenvalue weighted by atomic mass is 10.1. The van der Waals surface area contributed by atoms with E-state index in [2.05, 4.69) is 152 Å². The summed E-state index contributed by atoms with van der Waals surface area (Å²) in [5.41, 5.74) is 9.60. The molecule has 0 amide bonds. The van der Waals surface area contributed by atoms with Gasteiger partial charge in [0.1, 0.15) is 14.1 Å². The quantitative estimate of drug-likeness (QED) is 0.128. The molecule has 10 heteroatoms. The minimum atomic E-state index is 0. The zero-order valence-corrected chi connectivity index (χ0v) is 34.5. The van der Waals surface area contributed by atoms with Crippen molar-refractivity contribution in [3.05, 3.63) is 107 Å². The molecule has 2 aromatic heterocycles. The Morgan fingerprint density at radius 1 is 0.519 bits per heavy atom. The van der Waals surface area contributed by atoms with Crippen molar-refractivity contribution < 1.29 is 67.3 Å². The first-order valence-corrected chi connectivity index (χ1v) is 18.0. The summed E-state index contributed by atoms with van der Waals surface area (Å²) >= 11 is 0. The first kappa shape index (κ1) is 40.1. The van der Waals surface area contributed by atoms with Crippen LogP contribution in [0.5, 0.6) is 0 Å². The van der Waals surface area contributed by atoms with Crippen molar-refractivity contribution in [2.45, 2.75) is 0 Å². The Kier molecular flexibility index (Phi) is 14.4. The Morgan fingerprint density at radius 3 is 1.33 bits per heavy atom. The van der Waals surface area contributed by atoms with Crippen molar-refractivity contribution in [3.8, 4) is 0 Å². The van der Waals surface area contributed by atoms with Crippen molar-refractivity contribution in [1.82, 2.24) is 9.80 Å². The summed E-state index contributed by atoms with van der Waals surface area (Å²) < 4.78 is 4.57. The van der Waals surface area contributed by atoms with E-state index in [1.807, 2.05) is 0 Å². The molecular weight excluding hydrogens is 874 g/mol. The third kappa shape index (κ3) is 8.96. The predicted octanol–water partition coefficient (Wildman–Crippen LogP) is -1.78. The number of piperazine rings is 2. The maximum absolute atomic E-state index is 9.40. The number of nitrogens with zero attached hydrogens (tertiary/aromatic N) is 6. The van der Waals surface area contributed by atoms with E-state index >= 15 is 0 Å². The molecule has 0 atom stereocenters. The fourth-order valence-corrected chi connectivity index (χ4v) is 7.55. The number of rotatable bonds is 10. The zero-order valence-electron chi connectivity index (χ0n) is 30.2. The molecule has 2 saturated heterocycles. The maximum atomic E-state index is 9.40. The highest BCUT2D eigenvalue weighted by Gasteiger charge is 2.24. The first-order valence-electron chi connectivity index (χ1n) is 18.0. The van der Waals surface area contributed by atoms with Gasteiger partial charge in [0, 0.05) is 102 Å². The molecule has 5 aromatic rings. The third-order valence-electron chi connectivity index (χ3n) is 10.5. The number of aliphatic hydroxyl groups excluding tert-OH is 2. The van der Waals surface area contributed by atoms with Crippen LogP contribution in [0.3, 0.4) is 0 Å². The minimum absolute atomic E-state index is 0. The van der Waals surface area contributed by atoms with Crippen molar-refractivity contribution >= 4 is 57.5 Å². The second-order valence-corrected chi connectivity index (χ2v) is 13.5. The topological polar surface area (TPSA) is 61.2 Å². The number of aryl methyl sites for hydroxylation is 2. The molecule has 0 aliphatic carbocycles. The molecule has 2 fully saturated rings. The second kappa shape index (κ2) is 18.8. The number of benzene rings is 3. The maximum Gasteiger partial charge on any atom is 0.214 e. The molecule has 2 aliphatic heterocycles. The van der Waals surface area contributed by atoms with Crippen LogP contribution in [0.1, 0.15) is 22.5 Å². The molecule has 2 N–H and O–H groups in total. The van der Waals surface area contributed by atoms with Gasteiger partial charge in [-0.3, -0.25) is 9.80 Å². The first-order chi connectivity index (χ1) is 24.5. The molecule has 0 saturated carbocycles. The van der Waals surface area contributed by atoms with Gasteiger partial charge in [0.15, 0.2) is 0 Å². The molecule has 3 aromatic carbocycles. The van der Waals surface area contributed by atoms with Gasteiger partial charge in [-0.05, 0) is 41.5 Å². The van der Waals surface area contributed by atoms with Crippen LogP contribution in [0.25, 0.3) is 46.1 Å². The van der Waals surface area contributed by atoms with Crippen LogP contribution >= 0.6 is 0 Å². The van der Waals surface area contributed by atoms with Gasteiger partial charge in [-0.25, -0.2) is 0 Å². The Labute approximate surface area is 342 Å². The van der Waals surface area contributed by atoms with Crippen LogP contribution in [0.15, 0.2) is 84.9 Å². The van der Waals surface area contributed by atoms with E-state index < -0.39 is 0 Å². The number of hydrogen-bond acceptors (Lipinski definition) is 6. The van der Waals surface area contributed by atoms with Gasteiger partial charge in [0.05, 0.1) is 35.4 Å². The minimum Gasteiger partial charge on any atom is -1.00 e. The fourth-order valence-electron chi connectivity index (χ4n) is 7.55. The molecule has 274 valence electrons. The van der Waals surface area contributed by atoms with E-state index in [1.54, 1.807) is 0 Å². The van der Waals surface area contributed by atoms with E-state index in [9.17, 15) is 10.2 Å². The van der Waals surface area contributed by atoms with Gasteiger partial charge in [0.2, 0.25) is 22.4 Å². The zero-order chi connectivity index (χ0) is 34.5. The average Bonchev–Trinajstić information content (AvgIpc) is 3.16. The number of anilines is 2. The van der Waals surface area contributed by atoms with Crippen molar-refractivity contribution in [3.63, 3.8) is 0 Å². The largest absolute Gasteiger partial charge is 1.00 e. The lowest BCUT2D eigenvalue weighted by Crippen LogP contribution is -3.00. The lowest BCUT2D eigenvalue weighted by molar-refractivity contribution is -0.646. The van der Waals surface area contributed by atoms with Crippen molar-refractivity contribution in [2.75, 3.05) is 88.5 Å². The summed E-state index contributed by atoms with van der Waals surface area (Å²) in [6.07, 6.45) is 8.90. The summed E-state index contributed by atoms with van der Waals surface area (Å²) in [4.78, 5) is 9.67. The van der Waals surface area contributed by atoms with Crippen LogP contribution in [0, 0.1) is 0 Å². The molecule has 4 heterocycles. The normalized spacial score (nSPS) is 15.8. The number of pyridine rings is 2. The molecule has 52 heavy (non-hydrogen) atoms. The number of fused-ring (bicyclic) bond motifs is 2. The molecular formula is C42H50I2N6O2. The van der Waals surface area contributed by atoms with Gasteiger partial charge in [0.25, 0.3) is 0 Å². The molecule has 0 spiro atoms. The second-order valence-electron chi connectivity index (χ2n) is 13.5. The highest BCUT2D eigenvalue weighted by Crippen LogP contribution is 2.29. The Hall–Kier alpha value is -3.14. The molecule has 0 unspecified atom stereocenters. The number of aromatic nitrogens is 2. The van der Waals surface area contributed by atoms with E-state index in [1.165, 1.54) is 33.2 Å². The van der Waals surface area contributed by atoms with Crippen LogP contribution < -0.4 is 66.9 Å². The van der Waals surface area contributed by atoms with E-state index in [-0.39, 0.29) is 61.2 Å². The van der Waals surface area contributed by atoms with Gasteiger partial charge in [-0.2, -0.15) is 9.13 Å². The van der Waals surface area contributed by atoms with Crippen molar-refractivity contribution in [2.24, 2.45) is 14.1 Å². The summed E-state index contributed by atoms with van der Waals surface area (Å²) in [6.45, 7) is 9.56. The molecule has 7 rings (SSSR count). The number of β-amino-alcohol motifs (C(OH)–C–C–N with tert-alkyl or cyclic N) is 2. The number of hydrogen-bond donors (Lipinski definition) is 2.